The minimum atomic E-state index is -0.777. The van der Waals surface area contributed by atoms with E-state index in [1.165, 1.54) is 5.54 Å². The van der Waals surface area contributed by atoms with Crippen LogP contribution in [0.5, 0.6) is 0 Å². The van der Waals surface area contributed by atoms with E-state index in [0.717, 1.165) is 11.3 Å². The fourth-order valence-electron chi connectivity index (χ4n) is 2.22. The normalized spacial score (nSPS) is 19.6. The maximum atomic E-state index is 11.2. The van der Waals surface area contributed by atoms with E-state index >= 15 is 0 Å². The summed E-state index contributed by atoms with van der Waals surface area (Å²) in [5.41, 5.74) is 3.39. The Balaban J connectivity index is 2.30. The Hall–Kier alpha value is -1.19. The fraction of sp³-hybridized carbons (Fsp3) is 0.308. The van der Waals surface area contributed by atoms with Gasteiger partial charge < -0.3 is 10.0 Å². The molecule has 0 saturated carbocycles. The van der Waals surface area contributed by atoms with Crippen molar-refractivity contribution in [1.29, 1.82) is 0 Å². The van der Waals surface area contributed by atoms with Crippen molar-refractivity contribution < 1.29 is 9.90 Å². The van der Waals surface area contributed by atoms with Crippen molar-refractivity contribution in [3.05, 3.63) is 40.4 Å². The van der Waals surface area contributed by atoms with Gasteiger partial charge in [0.05, 0.1) is 12.5 Å². The second kappa shape index (κ2) is 5.63. The molecule has 0 radical (unpaired) electrons. The quantitative estimate of drug-likeness (QED) is 0.928. The Kier molecular flexibility index (Phi) is 4.15. The maximum absolute atomic E-state index is 11.2. The number of hydrogen-bond acceptors (Lipinski definition) is 2. The second-order valence-electron chi connectivity index (χ2n) is 4.30. The molecule has 1 N–H and O–H groups in total. The first kappa shape index (κ1) is 13.2. The minimum Gasteiger partial charge on any atom is -0.481 e. The number of anilines is 1. The molecule has 0 amide bonds. The molecular formula is C13H13Cl2NO2. The van der Waals surface area contributed by atoms with Crippen molar-refractivity contribution in [2.24, 2.45) is 5.92 Å². The highest BCUT2D eigenvalue weighted by molar-refractivity contribution is 6.36. The molecule has 1 unspecified atom stereocenters. The highest BCUT2D eigenvalue weighted by atomic mass is 35.5. The van der Waals surface area contributed by atoms with Crippen LogP contribution >= 0.6 is 23.2 Å². The van der Waals surface area contributed by atoms with E-state index in [-0.39, 0.29) is 0 Å². The van der Waals surface area contributed by atoms with Crippen molar-refractivity contribution in [3.8, 4) is 0 Å². The van der Waals surface area contributed by atoms with Gasteiger partial charge in [0, 0.05) is 22.8 Å². The van der Waals surface area contributed by atoms with Crippen molar-refractivity contribution in [3.63, 3.8) is 0 Å². The molecule has 1 aromatic carbocycles. The number of halogens is 2. The summed E-state index contributed by atoms with van der Waals surface area (Å²) in [5.74, 6) is -1.18. The van der Waals surface area contributed by atoms with Gasteiger partial charge in [0.25, 0.3) is 0 Å². The predicted octanol–water partition coefficient (Wildman–Crippen LogP) is 3.07. The summed E-state index contributed by atoms with van der Waals surface area (Å²) in [6.07, 6.45) is 0.560. The Morgan fingerprint density at radius 3 is 2.89 bits per heavy atom. The number of benzene rings is 1. The smallest absolute Gasteiger partial charge is 0.308 e. The number of carboxylic acid groups (broad SMARTS) is 1. The van der Waals surface area contributed by atoms with Crippen LogP contribution in [0.2, 0.25) is 0 Å². The third-order valence-electron chi connectivity index (χ3n) is 3.05. The number of hydrogen-bond donors (Lipinski definition) is 1. The lowest BCUT2D eigenvalue weighted by Crippen LogP contribution is -2.39. The topological polar surface area (TPSA) is 40.5 Å². The average molecular weight is 286 g/mol. The van der Waals surface area contributed by atoms with Crippen molar-refractivity contribution in [2.75, 3.05) is 18.0 Å². The lowest BCUT2D eigenvalue weighted by Gasteiger charge is -2.34. The zero-order valence-corrected chi connectivity index (χ0v) is 11.2. The van der Waals surface area contributed by atoms with Gasteiger partial charge in [-0.25, -0.2) is 0 Å². The monoisotopic (exact) mass is 285 g/mol. The van der Waals surface area contributed by atoms with Gasteiger partial charge in [-0.3, -0.25) is 4.79 Å². The van der Waals surface area contributed by atoms with Crippen LogP contribution in [0.3, 0.4) is 0 Å². The first-order chi connectivity index (χ1) is 8.61. The molecule has 5 heteroatoms. The van der Waals surface area contributed by atoms with Crippen LogP contribution in [0, 0.1) is 5.92 Å². The third-order valence-corrected chi connectivity index (χ3v) is 3.65. The van der Waals surface area contributed by atoms with Crippen molar-refractivity contribution in [2.45, 2.75) is 6.42 Å². The van der Waals surface area contributed by atoms with E-state index in [4.69, 9.17) is 23.2 Å². The summed E-state index contributed by atoms with van der Waals surface area (Å²) in [7, 11) is 0. The fourth-order valence-corrected chi connectivity index (χ4v) is 2.43. The second-order valence-corrected chi connectivity index (χ2v) is 5.01. The van der Waals surface area contributed by atoms with Gasteiger partial charge in [0.2, 0.25) is 0 Å². The molecule has 3 nitrogen and oxygen atoms in total. The summed E-state index contributed by atoms with van der Waals surface area (Å²) in [4.78, 5) is 13.1. The van der Waals surface area contributed by atoms with E-state index in [9.17, 15) is 9.90 Å². The van der Waals surface area contributed by atoms with Gasteiger partial charge in [-0.1, -0.05) is 41.4 Å². The van der Waals surface area contributed by atoms with Gasteiger partial charge in [-0.2, -0.15) is 0 Å². The zero-order valence-electron chi connectivity index (χ0n) is 9.64. The Labute approximate surface area is 116 Å². The Morgan fingerprint density at radius 1 is 1.50 bits per heavy atom. The van der Waals surface area contributed by atoms with E-state index < -0.39 is 11.9 Å². The molecule has 0 spiro atoms. The molecule has 0 aromatic heterocycles. The van der Waals surface area contributed by atoms with Crippen LogP contribution < -0.4 is 4.90 Å². The molecule has 1 aliphatic heterocycles. The minimum absolute atomic E-state index is 0.403. The van der Waals surface area contributed by atoms with Crippen LogP contribution in [0.25, 0.3) is 0 Å². The molecule has 0 saturated heterocycles. The first-order valence-electron chi connectivity index (χ1n) is 5.62. The van der Waals surface area contributed by atoms with E-state index in [1.54, 1.807) is 0 Å². The predicted molar refractivity (Wildman–Crippen MR) is 73.3 cm³/mol. The molecule has 1 heterocycles. The lowest BCUT2D eigenvalue weighted by atomic mass is 9.92. The van der Waals surface area contributed by atoms with Gasteiger partial charge in [-0.05, 0) is 18.1 Å². The average Bonchev–Trinajstić information content (AvgIpc) is 2.38. The summed E-state index contributed by atoms with van der Waals surface area (Å²) < 4.78 is 0. The number of carboxylic acids is 1. The SMILES string of the molecule is O=C(O)C1Cc2ccccc2N(C/C(Cl)=C/Cl)C1. The van der Waals surface area contributed by atoms with Crippen LogP contribution in [-0.2, 0) is 11.2 Å². The van der Waals surface area contributed by atoms with Crippen LogP contribution in [0.1, 0.15) is 5.56 Å². The lowest BCUT2D eigenvalue weighted by molar-refractivity contribution is -0.141. The standard InChI is InChI=1S/C13H13Cl2NO2/c14-6-11(15)8-16-7-10(13(17)18)5-9-3-1-2-4-12(9)16/h1-4,6,10H,5,7-8H2,(H,17,18)/b11-6-. The summed E-state index contributed by atoms with van der Waals surface area (Å²) >= 11 is 11.5. The number of nitrogens with zero attached hydrogens (tertiary/aromatic N) is 1. The highest BCUT2D eigenvalue weighted by Crippen LogP contribution is 2.30. The molecule has 0 fully saturated rings. The molecule has 1 aliphatic rings. The third kappa shape index (κ3) is 2.79. The number of para-hydroxylation sites is 1. The van der Waals surface area contributed by atoms with Gasteiger partial charge >= 0.3 is 5.97 Å². The molecule has 2 rings (SSSR count). The Morgan fingerprint density at radius 2 is 2.22 bits per heavy atom. The van der Waals surface area contributed by atoms with E-state index in [0.29, 0.717) is 24.5 Å². The molecule has 18 heavy (non-hydrogen) atoms. The first-order valence-corrected chi connectivity index (χ1v) is 6.43. The molecule has 1 atom stereocenters. The molecule has 96 valence electrons. The summed E-state index contributed by atoms with van der Waals surface area (Å²) in [6, 6.07) is 7.78. The van der Waals surface area contributed by atoms with Crippen LogP contribution in [0.4, 0.5) is 5.69 Å². The molecule has 0 aliphatic carbocycles. The molecule has 1 aromatic rings. The molecular weight excluding hydrogens is 273 g/mol. The van der Waals surface area contributed by atoms with Crippen LogP contribution in [0.15, 0.2) is 34.8 Å². The maximum Gasteiger partial charge on any atom is 0.308 e. The Bertz CT molecular complexity index is 488. The van der Waals surface area contributed by atoms with Crippen LogP contribution in [-0.4, -0.2) is 24.2 Å². The number of aliphatic carboxylic acids is 1. The number of carbonyl (C=O) groups is 1. The van der Waals surface area contributed by atoms with Crippen molar-refractivity contribution >= 4 is 34.9 Å². The number of rotatable bonds is 3. The highest BCUT2D eigenvalue weighted by Gasteiger charge is 2.28. The van der Waals surface area contributed by atoms with E-state index in [2.05, 4.69) is 0 Å². The van der Waals surface area contributed by atoms with Gasteiger partial charge in [0.1, 0.15) is 0 Å². The van der Waals surface area contributed by atoms with Gasteiger partial charge in [0.15, 0.2) is 0 Å². The zero-order chi connectivity index (χ0) is 13.1. The van der Waals surface area contributed by atoms with E-state index in [1.807, 2.05) is 29.2 Å². The summed E-state index contributed by atoms with van der Waals surface area (Å²) in [6.45, 7) is 0.888. The van der Waals surface area contributed by atoms with Crippen molar-refractivity contribution in [1.82, 2.24) is 0 Å². The number of fused-ring (bicyclic) bond motifs is 1. The molecule has 0 bridgehead atoms. The largest absolute Gasteiger partial charge is 0.481 e. The summed E-state index contributed by atoms with van der Waals surface area (Å²) in [5, 5.41) is 9.67. The van der Waals surface area contributed by atoms with Gasteiger partial charge in [-0.15, -0.1) is 0 Å².